The van der Waals surface area contributed by atoms with Crippen LogP contribution in [0.5, 0.6) is 5.75 Å². The summed E-state index contributed by atoms with van der Waals surface area (Å²) < 4.78 is 19.0. The molecule has 1 aromatic rings. The minimum atomic E-state index is -0.828. The van der Waals surface area contributed by atoms with E-state index in [2.05, 4.69) is 0 Å². The van der Waals surface area contributed by atoms with E-state index in [0.29, 0.717) is 21.9 Å². The van der Waals surface area contributed by atoms with Crippen LogP contribution in [0.2, 0.25) is 5.02 Å². The summed E-state index contributed by atoms with van der Waals surface area (Å²) in [7, 11) is 1.45. The van der Waals surface area contributed by atoms with E-state index >= 15 is 0 Å². The van der Waals surface area contributed by atoms with Gasteiger partial charge in [-0.05, 0) is 32.4 Å². The lowest BCUT2D eigenvalue weighted by Crippen LogP contribution is -2.31. The van der Waals surface area contributed by atoms with Crippen molar-refractivity contribution in [2.24, 2.45) is 5.73 Å². The molecule has 0 aromatic heterocycles. The second-order valence-electron chi connectivity index (χ2n) is 4.12. The zero-order chi connectivity index (χ0) is 11.8. The van der Waals surface area contributed by atoms with Gasteiger partial charge in [0.15, 0.2) is 0 Å². The number of benzene rings is 1. The van der Waals surface area contributed by atoms with Gasteiger partial charge in [-0.15, -0.1) is 0 Å². The predicted molar refractivity (Wildman–Crippen MR) is 59.9 cm³/mol. The lowest BCUT2D eigenvalue weighted by molar-refractivity contribution is 0.383. The van der Waals surface area contributed by atoms with E-state index < -0.39 is 5.54 Å². The summed E-state index contributed by atoms with van der Waals surface area (Å²) in [5, 5.41) is 0.380. The first-order valence-corrected chi connectivity index (χ1v) is 4.98. The molecular formula is C11H15ClFNO. The van der Waals surface area contributed by atoms with Gasteiger partial charge in [-0.3, -0.25) is 0 Å². The van der Waals surface area contributed by atoms with Crippen LogP contribution in [-0.2, 0) is 5.54 Å². The molecule has 0 aliphatic carbocycles. The Morgan fingerprint density at radius 1 is 1.47 bits per heavy atom. The summed E-state index contributed by atoms with van der Waals surface area (Å²) in [6.45, 7) is 5.07. The summed E-state index contributed by atoms with van der Waals surface area (Å²) in [6, 6.07) is 1.53. The largest absolute Gasteiger partial charge is 0.495 e. The van der Waals surface area contributed by atoms with Crippen LogP contribution < -0.4 is 10.5 Å². The van der Waals surface area contributed by atoms with Crippen LogP contribution in [0.4, 0.5) is 4.39 Å². The molecule has 2 N–H and O–H groups in total. The Bertz CT molecular complexity index is 385. The molecule has 0 heterocycles. The smallest absolute Gasteiger partial charge is 0.145 e. The topological polar surface area (TPSA) is 35.2 Å². The molecule has 0 aliphatic heterocycles. The summed E-state index contributed by atoms with van der Waals surface area (Å²) in [6.07, 6.45) is 0. The van der Waals surface area contributed by atoms with Crippen molar-refractivity contribution in [3.05, 3.63) is 28.0 Å². The fourth-order valence-corrected chi connectivity index (χ4v) is 1.85. The molecule has 0 atom stereocenters. The summed E-state index contributed by atoms with van der Waals surface area (Å²) in [5.74, 6) is -0.0454. The van der Waals surface area contributed by atoms with E-state index in [4.69, 9.17) is 22.1 Å². The highest BCUT2D eigenvalue weighted by atomic mass is 35.5. The normalized spacial score (nSPS) is 11.7. The van der Waals surface area contributed by atoms with Gasteiger partial charge >= 0.3 is 0 Å². The molecule has 1 rings (SSSR count). The third-order valence-electron chi connectivity index (χ3n) is 2.20. The van der Waals surface area contributed by atoms with Gasteiger partial charge in [0.1, 0.15) is 11.6 Å². The van der Waals surface area contributed by atoms with E-state index in [0.717, 1.165) is 0 Å². The number of halogens is 2. The van der Waals surface area contributed by atoms with Gasteiger partial charge in [-0.1, -0.05) is 11.6 Å². The number of hydrogen-bond acceptors (Lipinski definition) is 2. The predicted octanol–water partition coefficient (Wildman–Crippen LogP) is 2.99. The van der Waals surface area contributed by atoms with Crippen LogP contribution in [0.3, 0.4) is 0 Å². The first-order chi connectivity index (χ1) is 6.79. The van der Waals surface area contributed by atoms with Gasteiger partial charge < -0.3 is 10.5 Å². The molecule has 0 fully saturated rings. The van der Waals surface area contributed by atoms with Crippen molar-refractivity contribution in [1.29, 1.82) is 0 Å². The van der Waals surface area contributed by atoms with Crippen LogP contribution >= 0.6 is 11.6 Å². The van der Waals surface area contributed by atoms with Gasteiger partial charge in [-0.25, -0.2) is 4.39 Å². The zero-order valence-electron chi connectivity index (χ0n) is 9.32. The van der Waals surface area contributed by atoms with E-state index in [9.17, 15) is 4.39 Å². The van der Waals surface area contributed by atoms with Crippen molar-refractivity contribution in [2.75, 3.05) is 7.11 Å². The van der Waals surface area contributed by atoms with Crippen LogP contribution in [0.15, 0.2) is 6.07 Å². The number of nitrogens with two attached hydrogens (primary N) is 1. The molecule has 0 amide bonds. The first-order valence-electron chi connectivity index (χ1n) is 4.61. The Balaban J connectivity index is 3.59. The third-order valence-corrected chi connectivity index (χ3v) is 2.48. The van der Waals surface area contributed by atoms with Crippen molar-refractivity contribution >= 4 is 11.6 Å². The SMILES string of the molecule is COc1c(Cl)cc(C)c(F)c1C(C)(C)N. The van der Waals surface area contributed by atoms with Gasteiger partial charge in [-0.2, -0.15) is 0 Å². The molecule has 0 spiro atoms. The Morgan fingerprint density at radius 2 is 2.00 bits per heavy atom. The molecule has 4 heteroatoms. The third kappa shape index (κ3) is 2.24. The molecule has 0 aliphatic rings. The van der Waals surface area contributed by atoms with Crippen LogP contribution in [0, 0.1) is 12.7 Å². The number of ether oxygens (including phenoxy) is 1. The van der Waals surface area contributed by atoms with Gasteiger partial charge in [0.2, 0.25) is 0 Å². The molecule has 84 valence electrons. The number of methoxy groups -OCH3 is 1. The summed E-state index contributed by atoms with van der Waals surface area (Å²) in [4.78, 5) is 0. The van der Waals surface area contributed by atoms with E-state index in [1.165, 1.54) is 13.2 Å². The van der Waals surface area contributed by atoms with Crippen molar-refractivity contribution in [3.8, 4) is 5.75 Å². The molecule has 0 radical (unpaired) electrons. The van der Waals surface area contributed by atoms with E-state index in [1.807, 2.05) is 0 Å². The van der Waals surface area contributed by atoms with Crippen LogP contribution in [0.25, 0.3) is 0 Å². The summed E-state index contributed by atoms with van der Waals surface area (Å²) >= 11 is 5.97. The maximum absolute atomic E-state index is 13.9. The Kier molecular flexibility index (Phi) is 3.26. The van der Waals surface area contributed by atoms with Crippen LogP contribution in [-0.4, -0.2) is 7.11 Å². The molecular weight excluding hydrogens is 217 g/mol. The summed E-state index contributed by atoms with van der Waals surface area (Å²) in [5.41, 5.74) is 5.85. The van der Waals surface area contributed by atoms with E-state index in [-0.39, 0.29) is 5.82 Å². The van der Waals surface area contributed by atoms with Crippen LogP contribution in [0.1, 0.15) is 25.0 Å². The number of hydrogen-bond donors (Lipinski definition) is 1. The molecule has 0 saturated heterocycles. The van der Waals surface area contributed by atoms with Gasteiger partial charge in [0, 0.05) is 5.54 Å². The van der Waals surface area contributed by atoms with Crippen molar-refractivity contribution < 1.29 is 9.13 Å². The molecule has 1 aromatic carbocycles. The lowest BCUT2D eigenvalue weighted by atomic mass is 9.92. The van der Waals surface area contributed by atoms with Crippen molar-refractivity contribution in [3.63, 3.8) is 0 Å². The molecule has 0 saturated carbocycles. The van der Waals surface area contributed by atoms with Crippen molar-refractivity contribution in [1.82, 2.24) is 0 Å². The van der Waals surface area contributed by atoms with E-state index in [1.54, 1.807) is 20.8 Å². The maximum Gasteiger partial charge on any atom is 0.145 e. The molecule has 0 unspecified atom stereocenters. The Hall–Kier alpha value is -0.800. The highest BCUT2D eigenvalue weighted by molar-refractivity contribution is 6.32. The fraction of sp³-hybridized carbons (Fsp3) is 0.455. The maximum atomic E-state index is 13.9. The Morgan fingerprint density at radius 3 is 2.40 bits per heavy atom. The average Bonchev–Trinajstić information content (AvgIpc) is 2.08. The second kappa shape index (κ2) is 3.99. The van der Waals surface area contributed by atoms with Crippen molar-refractivity contribution in [2.45, 2.75) is 26.3 Å². The van der Waals surface area contributed by atoms with Gasteiger partial charge in [0.05, 0.1) is 17.7 Å². The molecule has 2 nitrogen and oxygen atoms in total. The molecule has 0 bridgehead atoms. The molecule has 15 heavy (non-hydrogen) atoms. The standard InChI is InChI=1S/C11H15ClFNO/c1-6-5-7(12)10(15-4)8(9(6)13)11(2,3)14/h5H,14H2,1-4H3. The Labute approximate surface area is 94.2 Å². The minimum absolute atomic E-state index is 0.312. The average molecular weight is 232 g/mol. The monoisotopic (exact) mass is 231 g/mol. The second-order valence-corrected chi connectivity index (χ2v) is 4.53. The lowest BCUT2D eigenvalue weighted by Gasteiger charge is -2.24. The fourth-order valence-electron chi connectivity index (χ4n) is 1.51. The highest BCUT2D eigenvalue weighted by Crippen LogP contribution is 2.37. The zero-order valence-corrected chi connectivity index (χ0v) is 10.1. The highest BCUT2D eigenvalue weighted by Gasteiger charge is 2.27. The quantitative estimate of drug-likeness (QED) is 0.849. The minimum Gasteiger partial charge on any atom is -0.495 e. The first kappa shape index (κ1) is 12.3. The number of aryl methyl sites for hydroxylation is 1. The van der Waals surface area contributed by atoms with Gasteiger partial charge in [0.25, 0.3) is 0 Å². The number of rotatable bonds is 2.